The zero-order valence-corrected chi connectivity index (χ0v) is 13.8. The number of hydrogen-bond donors (Lipinski definition) is 1. The zero-order valence-electron chi connectivity index (χ0n) is 13.0. The summed E-state index contributed by atoms with van der Waals surface area (Å²) in [7, 11) is 0. The van der Waals surface area contributed by atoms with Crippen molar-refractivity contribution in [1.29, 1.82) is 0 Å². The van der Waals surface area contributed by atoms with Crippen molar-refractivity contribution in [3.05, 3.63) is 93.4 Å². The quantitative estimate of drug-likeness (QED) is 0.571. The van der Waals surface area contributed by atoms with E-state index in [0.29, 0.717) is 11.6 Å². The molecule has 23 heavy (non-hydrogen) atoms. The first-order chi connectivity index (χ1) is 11.2. The van der Waals surface area contributed by atoms with E-state index in [1.807, 2.05) is 55.5 Å². The molecule has 0 aliphatic carbocycles. The van der Waals surface area contributed by atoms with E-state index in [1.54, 1.807) is 11.8 Å². The first kappa shape index (κ1) is 15.6. The van der Waals surface area contributed by atoms with Crippen molar-refractivity contribution in [3.8, 4) is 0 Å². The van der Waals surface area contributed by atoms with Gasteiger partial charge in [0.05, 0.1) is 0 Å². The Hall–Kier alpha value is -2.33. The Kier molecular flexibility index (Phi) is 4.93. The lowest BCUT2D eigenvalue weighted by Crippen LogP contribution is -2.17. The Bertz CT molecular complexity index is 829. The third kappa shape index (κ3) is 4.11. The maximum Gasteiger partial charge on any atom is 0.255 e. The summed E-state index contributed by atoms with van der Waals surface area (Å²) in [4.78, 5) is 19.8. The van der Waals surface area contributed by atoms with E-state index >= 15 is 0 Å². The first-order valence-electron chi connectivity index (χ1n) is 7.53. The maximum atomic E-state index is 12.4. The van der Waals surface area contributed by atoms with Crippen molar-refractivity contribution in [2.24, 2.45) is 0 Å². The predicted molar refractivity (Wildman–Crippen MR) is 94.8 cm³/mol. The van der Waals surface area contributed by atoms with Crippen LogP contribution in [0.1, 0.15) is 22.4 Å². The summed E-state index contributed by atoms with van der Waals surface area (Å²) in [6.45, 7) is 1.90. The normalized spacial score (nSPS) is 10.7. The zero-order chi connectivity index (χ0) is 16.1. The molecule has 0 unspecified atom stereocenters. The lowest BCUT2D eigenvalue weighted by atomic mass is 10.1. The van der Waals surface area contributed by atoms with E-state index in [-0.39, 0.29) is 5.56 Å². The highest BCUT2D eigenvalue weighted by Crippen LogP contribution is 2.19. The summed E-state index contributed by atoms with van der Waals surface area (Å²) >= 11 is 1.55. The minimum absolute atomic E-state index is 0.0445. The fourth-order valence-corrected chi connectivity index (χ4v) is 3.25. The monoisotopic (exact) mass is 322 g/mol. The number of nitrogens with one attached hydrogen (secondary N) is 1. The minimum atomic E-state index is -0.0445. The van der Waals surface area contributed by atoms with Gasteiger partial charge in [-0.1, -0.05) is 72.4 Å². The molecule has 0 spiro atoms. The van der Waals surface area contributed by atoms with Crippen molar-refractivity contribution in [2.75, 3.05) is 0 Å². The molecule has 1 aromatic heterocycles. The van der Waals surface area contributed by atoms with Crippen LogP contribution in [0, 0.1) is 6.92 Å². The Balaban J connectivity index is 1.76. The summed E-state index contributed by atoms with van der Waals surface area (Å²) < 4.78 is 0. The van der Waals surface area contributed by atoms with E-state index in [0.717, 1.165) is 22.6 Å². The lowest BCUT2D eigenvalue weighted by Gasteiger charge is -2.07. The third-order valence-electron chi connectivity index (χ3n) is 3.64. The van der Waals surface area contributed by atoms with Gasteiger partial charge < -0.3 is 4.98 Å². The van der Waals surface area contributed by atoms with Gasteiger partial charge in [-0.3, -0.25) is 4.79 Å². The topological polar surface area (TPSA) is 45.8 Å². The van der Waals surface area contributed by atoms with Gasteiger partial charge >= 0.3 is 0 Å². The number of H-pyrrole nitrogens is 1. The summed E-state index contributed by atoms with van der Waals surface area (Å²) in [5.74, 6) is 0.793. The number of aromatic amines is 1. The van der Waals surface area contributed by atoms with Gasteiger partial charge in [-0.05, 0) is 18.1 Å². The molecule has 1 N–H and O–H groups in total. The van der Waals surface area contributed by atoms with Gasteiger partial charge in [0.15, 0.2) is 5.16 Å². The molecule has 0 saturated carbocycles. The van der Waals surface area contributed by atoms with Gasteiger partial charge in [0.1, 0.15) is 0 Å². The molecule has 0 aliphatic heterocycles. The van der Waals surface area contributed by atoms with E-state index in [1.165, 1.54) is 5.56 Å². The molecule has 2 aromatic carbocycles. The van der Waals surface area contributed by atoms with Crippen LogP contribution in [0.25, 0.3) is 0 Å². The number of benzene rings is 2. The van der Waals surface area contributed by atoms with Crippen LogP contribution in [-0.2, 0) is 12.2 Å². The van der Waals surface area contributed by atoms with Crippen LogP contribution in [0.2, 0.25) is 0 Å². The molecule has 4 heteroatoms. The van der Waals surface area contributed by atoms with E-state index < -0.39 is 0 Å². The van der Waals surface area contributed by atoms with Crippen molar-refractivity contribution in [1.82, 2.24) is 9.97 Å². The highest BCUT2D eigenvalue weighted by atomic mass is 32.2. The van der Waals surface area contributed by atoms with Gasteiger partial charge in [0, 0.05) is 23.4 Å². The largest absolute Gasteiger partial charge is 0.301 e. The van der Waals surface area contributed by atoms with Gasteiger partial charge in [0.25, 0.3) is 5.56 Å². The molecule has 0 bridgehead atoms. The molecule has 3 nitrogen and oxygen atoms in total. The highest BCUT2D eigenvalue weighted by molar-refractivity contribution is 7.98. The Morgan fingerprint density at radius 1 is 0.957 bits per heavy atom. The second kappa shape index (κ2) is 7.29. The highest BCUT2D eigenvalue weighted by Gasteiger charge is 2.09. The first-order valence-corrected chi connectivity index (χ1v) is 8.51. The number of aryl methyl sites for hydroxylation is 1. The van der Waals surface area contributed by atoms with Crippen LogP contribution in [0.15, 0.2) is 70.6 Å². The Morgan fingerprint density at radius 2 is 1.57 bits per heavy atom. The van der Waals surface area contributed by atoms with Crippen molar-refractivity contribution >= 4 is 11.8 Å². The average molecular weight is 322 g/mol. The smallest absolute Gasteiger partial charge is 0.255 e. The number of rotatable bonds is 5. The van der Waals surface area contributed by atoms with Crippen molar-refractivity contribution in [3.63, 3.8) is 0 Å². The molecular weight excluding hydrogens is 304 g/mol. The second-order valence-electron chi connectivity index (χ2n) is 5.37. The number of hydrogen-bond acceptors (Lipinski definition) is 3. The molecule has 1 heterocycles. The summed E-state index contributed by atoms with van der Waals surface area (Å²) in [6, 6.07) is 20.2. The van der Waals surface area contributed by atoms with Crippen LogP contribution < -0.4 is 5.56 Å². The fourth-order valence-electron chi connectivity index (χ4n) is 2.39. The maximum absolute atomic E-state index is 12.4. The van der Waals surface area contributed by atoms with E-state index in [4.69, 9.17) is 0 Å². The molecule has 0 fully saturated rings. The predicted octanol–water partition coefficient (Wildman–Crippen LogP) is 3.96. The van der Waals surface area contributed by atoms with Gasteiger partial charge in [-0.2, -0.15) is 0 Å². The Morgan fingerprint density at radius 3 is 2.17 bits per heavy atom. The van der Waals surface area contributed by atoms with Gasteiger partial charge in [0.2, 0.25) is 0 Å². The molecule has 116 valence electrons. The van der Waals surface area contributed by atoms with Gasteiger partial charge in [-0.25, -0.2) is 4.98 Å². The van der Waals surface area contributed by atoms with Gasteiger partial charge in [-0.15, -0.1) is 0 Å². The molecular formula is C19H18N2OS. The van der Waals surface area contributed by atoms with Crippen LogP contribution in [0.3, 0.4) is 0 Å². The summed E-state index contributed by atoms with van der Waals surface area (Å²) in [6.07, 6.45) is 0.610. The standard InChI is InChI=1S/C19H18N2OS/c1-14-17(12-15-8-4-2-5-9-15)18(22)21-19(20-14)23-13-16-10-6-3-7-11-16/h2-11H,12-13H2,1H3,(H,20,21,22). The number of thioether (sulfide) groups is 1. The minimum Gasteiger partial charge on any atom is -0.301 e. The molecule has 0 aliphatic rings. The number of nitrogens with zero attached hydrogens (tertiary/aromatic N) is 1. The molecule has 0 radical (unpaired) electrons. The Labute approximate surface area is 139 Å². The van der Waals surface area contributed by atoms with Crippen molar-refractivity contribution in [2.45, 2.75) is 24.3 Å². The van der Waals surface area contributed by atoms with Crippen LogP contribution in [0.5, 0.6) is 0 Å². The average Bonchev–Trinajstić information content (AvgIpc) is 2.58. The van der Waals surface area contributed by atoms with Crippen LogP contribution in [-0.4, -0.2) is 9.97 Å². The molecule has 0 amide bonds. The van der Waals surface area contributed by atoms with Crippen molar-refractivity contribution < 1.29 is 0 Å². The lowest BCUT2D eigenvalue weighted by molar-refractivity contribution is 0.866. The molecule has 3 rings (SSSR count). The van der Waals surface area contributed by atoms with Crippen LogP contribution in [0.4, 0.5) is 0 Å². The number of aromatic nitrogens is 2. The van der Waals surface area contributed by atoms with Crippen LogP contribution >= 0.6 is 11.8 Å². The SMILES string of the molecule is Cc1nc(SCc2ccccc2)[nH]c(=O)c1Cc1ccccc1. The fraction of sp³-hybridized carbons (Fsp3) is 0.158. The second-order valence-corrected chi connectivity index (χ2v) is 6.34. The molecule has 0 saturated heterocycles. The molecule has 0 atom stereocenters. The van der Waals surface area contributed by atoms with E-state index in [2.05, 4.69) is 22.1 Å². The third-order valence-corrected chi connectivity index (χ3v) is 4.59. The summed E-state index contributed by atoms with van der Waals surface area (Å²) in [5.41, 5.74) is 3.82. The summed E-state index contributed by atoms with van der Waals surface area (Å²) in [5, 5.41) is 0.674. The molecule has 3 aromatic rings. The van der Waals surface area contributed by atoms with E-state index in [9.17, 15) is 4.79 Å².